The summed E-state index contributed by atoms with van der Waals surface area (Å²) in [4.78, 5) is 15.9. The first-order valence-corrected chi connectivity index (χ1v) is 5.59. The third-order valence-electron chi connectivity index (χ3n) is 3.40. The maximum absolute atomic E-state index is 11.7. The minimum absolute atomic E-state index is 0.0746. The highest BCUT2D eigenvalue weighted by Crippen LogP contribution is 2.43. The highest BCUT2D eigenvalue weighted by Gasteiger charge is 2.45. The molecule has 2 heterocycles. The SMILES string of the molecule is O=C1NC2(CCCC2)c2ccc(Cl)nc21. The molecule has 0 bridgehead atoms. The van der Waals surface area contributed by atoms with E-state index >= 15 is 0 Å². The number of carbonyl (C=O) groups excluding carboxylic acids is 1. The van der Waals surface area contributed by atoms with E-state index in [4.69, 9.17) is 11.6 Å². The van der Waals surface area contributed by atoms with Gasteiger partial charge in [0.1, 0.15) is 10.8 Å². The molecule has 4 heteroatoms. The Labute approximate surface area is 92.8 Å². The lowest BCUT2D eigenvalue weighted by Crippen LogP contribution is -2.36. The molecule has 1 aliphatic carbocycles. The fourth-order valence-electron chi connectivity index (χ4n) is 2.71. The highest BCUT2D eigenvalue weighted by molar-refractivity contribution is 6.29. The molecule has 0 radical (unpaired) electrons. The van der Waals surface area contributed by atoms with E-state index in [0.29, 0.717) is 10.8 Å². The van der Waals surface area contributed by atoms with E-state index in [1.165, 1.54) is 12.8 Å². The third-order valence-corrected chi connectivity index (χ3v) is 3.61. The summed E-state index contributed by atoms with van der Waals surface area (Å²) in [6.45, 7) is 0. The Balaban J connectivity index is 2.17. The van der Waals surface area contributed by atoms with E-state index in [2.05, 4.69) is 10.3 Å². The lowest BCUT2D eigenvalue weighted by molar-refractivity contribution is 0.0927. The number of nitrogens with one attached hydrogen (secondary N) is 1. The van der Waals surface area contributed by atoms with Crippen LogP contribution in [0.4, 0.5) is 0 Å². The van der Waals surface area contributed by atoms with Gasteiger partial charge >= 0.3 is 0 Å². The van der Waals surface area contributed by atoms with Gasteiger partial charge < -0.3 is 5.32 Å². The molecule has 3 nitrogen and oxygen atoms in total. The molecule has 0 saturated heterocycles. The standard InChI is InChI=1S/C11H11ClN2O/c12-8-4-3-7-9(13-8)10(15)14-11(7)5-1-2-6-11/h3-4H,1-2,5-6H2,(H,14,15). The smallest absolute Gasteiger partial charge is 0.271 e. The third kappa shape index (κ3) is 1.19. The van der Waals surface area contributed by atoms with Crippen LogP contribution in [0, 0.1) is 0 Å². The lowest BCUT2D eigenvalue weighted by atomic mass is 9.91. The maximum atomic E-state index is 11.7. The van der Waals surface area contributed by atoms with Gasteiger partial charge in [0.25, 0.3) is 5.91 Å². The lowest BCUT2D eigenvalue weighted by Gasteiger charge is -2.23. The molecule has 1 aliphatic heterocycles. The summed E-state index contributed by atoms with van der Waals surface area (Å²) in [6.07, 6.45) is 4.38. The van der Waals surface area contributed by atoms with Gasteiger partial charge in [-0.25, -0.2) is 4.98 Å². The molecule has 0 unspecified atom stereocenters. The molecule has 2 aliphatic rings. The zero-order valence-electron chi connectivity index (χ0n) is 8.22. The van der Waals surface area contributed by atoms with Crippen molar-refractivity contribution < 1.29 is 4.79 Å². The zero-order valence-corrected chi connectivity index (χ0v) is 8.97. The van der Waals surface area contributed by atoms with Crippen LogP contribution in [0.1, 0.15) is 41.7 Å². The minimum atomic E-state index is -0.135. The van der Waals surface area contributed by atoms with Crippen molar-refractivity contribution >= 4 is 17.5 Å². The Hall–Kier alpha value is -1.09. The second kappa shape index (κ2) is 2.95. The molecule has 1 N–H and O–H groups in total. The molecular formula is C11H11ClN2O. The number of pyridine rings is 1. The van der Waals surface area contributed by atoms with E-state index in [0.717, 1.165) is 18.4 Å². The molecule has 1 spiro atoms. The molecule has 0 atom stereocenters. The number of amides is 1. The van der Waals surface area contributed by atoms with E-state index in [1.807, 2.05) is 6.07 Å². The number of aromatic nitrogens is 1. The summed E-state index contributed by atoms with van der Waals surface area (Å²) in [5.41, 5.74) is 1.42. The largest absolute Gasteiger partial charge is 0.341 e. The van der Waals surface area contributed by atoms with Crippen LogP contribution in [-0.4, -0.2) is 10.9 Å². The van der Waals surface area contributed by atoms with Crippen LogP contribution in [0.25, 0.3) is 0 Å². The first-order valence-electron chi connectivity index (χ1n) is 5.21. The summed E-state index contributed by atoms with van der Waals surface area (Å²) < 4.78 is 0. The molecule has 1 aromatic rings. The molecule has 0 aromatic carbocycles. The van der Waals surface area contributed by atoms with E-state index < -0.39 is 0 Å². The molecule has 1 amide bonds. The predicted molar refractivity (Wildman–Crippen MR) is 56.9 cm³/mol. The van der Waals surface area contributed by atoms with Gasteiger partial charge in [0.05, 0.1) is 5.54 Å². The van der Waals surface area contributed by atoms with Crippen LogP contribution in [0.3, 0.4) is 0 Å². The second-order valence-corrected chi connectivity index (χ2v) is 4.66. The number of carbonyl (C=O) groups is 1. The van der Waals surface area contributed by atoms with Gasteiger partial charge in [-0.3, -0.25) is 4.79 Å². The van der Waals surface area contributed by atoms with Crippen molar-refractivity contribution in [3.63, 3.8) is 0 Å². The Morgan fingerprint density at radius 3 is 2.80 bits per heavy atom. The zero-order chi connectivity index (χ0) is 10.5. The first kappa shape index (κ1) is 9.16. The van der Waals surface area contributed by atoms with Gasteiger partial charge in [-0.1, -0.05) is 30.5 Å². The molecule has 15 heavy (non-hydrogen) atoms. The van der Waals surface area contributed by atoms with Gasteiger partial charge in [-0.15, -0.1) is 0 Å². The van der Waals surface area contributed by atoms with Crippen LogP contribution in [0.2, 0.25) is 5.15 Å². The van der Waals surface area contributed by atoms with Gasteiger partial charge in [0, 0.05) is 5.56 Å². The fraction of sp³-hybridized carbons (Fsp3) is 0.455. The Morgan fingerprint density at radius 1 is 1.33 bits per heavy atom. The van der Waals surface area contributed by atoms with Crippen LogP contribution in [0.5, 0.6) is 0 Å². The van der Waals surface area contributed by atoms with Crippen molar-refractivity contribution in [2.24, 2.45) is 0 Å². The quantitative estimate of drug-likeness (QED) is 0.684. The summed E-state index contributed by atoms with van der Waals surface area (Å²) in [6, 6.07) is 3.70. The van der Waals surface area contributed by atoms with Crippen molar-refractivity contribution in [2.45, 2.75) is 31.2 Å². The van der Waals surface area contributed by atoms with Crippen molar-refractivity contribution in [3.05, 3.63) is 28.5 Å². The number of hydrogen-bond acceptors (Lipinski definition) is 2. The minimum Gasteiger partial charge on any atom is -0.341 e. The topological polar surface area (TPSA) is 42.0 Å². The number of hydrogen-bond donors (Lipinski definition) is 1. The molecule has 78 valence electrons. The molecule has 3 rings (SSSR count). The molecule has 1 aromatic heterocycles. The van der Waals surface area contributed by atoms with Crippen LogP contribution >= 0.6 is 11.6 Å². The molecule has 1 saturated carbocycles. The van der Waals surface area contributed by atoms with Crippen molar-refractivity contribution in [1.29, 1.82) is 0 Å². The molecular weight excluding hydrogens is 212 g/mol. The Bertz CT molecular complexity index is 438. The number of halogens is 1. The van der Waals surface area contributed by atoms with E-state index in [9.17, 15) is 4.79 Å². The number of rotatable bonds is 0. The highest BCUT2D eigenvalue weighted by atomic mass is 35.5. The predicted octanol–water partition coefficient (Wildman–Crippen LogP) is 2.25. The van der Waals surface area contributed by atoms with Gasteiger partial charge in [-0.2, -0.15) is 0 Å². The normalized spacial score (nSPS) is 21.8. The Kier molecular flexibility index (Phi) is 1.80. The van der Waals surface area contributed by atoms with Crippen molar-refractivity contribution in [2.75, 3.05) is 0 Å². The fourth-order valence-corrected chi connectivity index (χ4v) is 2.86. The summed E-state index contributed by atoms with van der Waals surface area (Å²) in [5, 5.41) is 3.45. The van der Waals surface area contributed by atoms with Crippen LogP contribution in [-0.2, 0) is 5.54 Å². The van der Waals surface area contributed by atoms with E-state index in [1.54, 1.807) is 6.07 Å². The average molecular weight is 223 g/mol. The summed E-state index contributed by atoms with van der Waals surface area (Å²) >= 11 is 5.79. The maximum Gasteiger partial charge on any atom is 0.271 e. The van der Waals surface area contributed by atoms with E-state index in [-0.39, 0.29) is 11.4 Å². The summed E-state index contributed by atoms with van der Waals surface area (Å²) in [5.74, 6) is -0.0746. The van der Waals surface area contributed by atoms with Gasteiger partial charge in [0.2, 0.25) is 0 Å². The summed E-state index contributed by atoms with van der Waals surface area (Å²) in [7, 11) is 0. The second-order valence-electron chi connectivity index (χ2n) is 4.27. The molecule has 1 fully saturated rings. The van der Waals surface area contributed by atoms with Crippen LogP contribution < -0.4 is 5.32 Å². The van der Waals surface area contributed by atoms with Crippen molar-refractivity contribution in [3.8, 4) is 0 Å². The van der Waals surface area contributed by atoms with Gasteiger partial charge in [-0.05, 0) is 18.9 Å². The monoisotopic (exact) mass is 222 g/mol. The Morgan fingerprint density at radius 2 is 2.07 bits per heavy atom. The number of fused-ring (bicyclic) bond motifs is 2. The number of nitrogens with zero attached hydrogens (tertiary/aromatic N) is 1. The van der Waals surface area contributed by atoms with Crippen LogP contribution in [0.15, 0.2) is 12.1 Å². The van der Waals surface area contributed by atoms with Gasteiger partial charge in [0.15, 0.2) is 0 Å². The average Bonchev–Trinajstić information content (AvgIpc) is 2.76. The first-order chi connectivity index (χ1) is 7.21. The van der Waals surface area contributed by atoms with Crippen molar-refractivity contribution in [1.82, 2.24) is 10.3 Å².